The van der Waals surface area contributed by atoms with E-state index < -0.39 is 5.82 Å². The molecule has 150 valence electrons. The lowest BCUT2D eigenvalue weighted by molar-refractivity contribution is 0.0746. The lowest BCUT2D eigenvalue weighted by Gasteiger charge is -2.35. The summed E-state index contributed by atoms with van der Waals surface area (Å²) < 4.78 is 18.8. The predicted molar refractivity (Wildman–Crippen MR) is 107 cm³/mol. The number of carbonyl (C=O) groups excluding carboxylic acids is 1. The van der Waals surface area contributed by atoms with Gasteiger partial charge in [-0.3, -0.25) is 4.79 Å². The molecule has 0 atom stereocenters. The van der Waals surface area contributed by atoms with Gasteiger partial charge in [-0.1, -0.05) is 0 Å². The van der Waals surface area contributed by atoms with E-state index in [1.807, 2.05) is 12.1 Å². The normalized spacial score (nSPS) is 14.1. The van der Waals surface area contributed by atoms with Gasteiger partial charge in [0.1, 0.15) is 0 Å². The minimum absolute atomic E-state index is 0.133. The number of aromatic nitrogens is 2. The highest BCUT2D eigenvalue weighted by Gasteiger charge is 2.24. The second-order valence-corrected chi connectivity index (χ2v) is 6.55. The van der Waals surface area contributed by atoms with Crippen LogP contribution in [0.25, 0.3) is 0 Å². The van der Waals surface area contributed by atoms with Gasteiger partial charge in [0.25, 0.3) is 5.91 Å². The Bertz CT molecular complexity index is 803. The standard InChI is InChI=1S/C20H26FN5O2/c1-4-24(5-2)18-8-9-19(23-22-18)25-10-12-26(13-11-25)20(27)15-6-7-17(28-3)16(21)14-15/h6-9,14H,4-5,10-13H2,1-3H3. The molecule has 2 heterocycles. The van der Waals surface area contributed by atoms with Crippen LogP contribution in [0, 0.1) is 5.82 Å². The zero-order valence-electron chi connectivity index (χ0n) is 16.6. The topological polar surface area (TPSA) is 61.8 Å². The van der Waals surface area contributed by atoms with Crippen LogP contribution in [-0.2, 0) is 0 Å². The number of methoxy groups -OCH3 is 1. The molecule has 0 unspecified atom stereocenters. The molecule has 0 aliphatic carbocycles. The minimum atomic E-state index is -0.532. The molecule has 0 spiro atoms. The van der Waals surface area contributed by atoms with Gasteiger partial charge in [-0.25, -0.2) is 4.39 Å². The average molecular weight is 387 g/mol. The maximum Gasteiger partial charge on any atom is 0.254 e. The number of ether oxygens (including phenoxy) is 1. The van der Waals surface area contributed by atoms with Crippen LogP contribution in [0.5, 0.6) is 5.75 Å². The molecule has 7 nitrogen and oxygen atoms in total. The molecule has 0 saturated carbocycles. The van der Waals surface area contributed by atoms with Gasteiger partial charge in [-0.2, -0.15) is 0 Å². The molecule has 0 radical (unpaired) electrons. The van der Waals surface area contributed by atoms with Gasteiger partial charge >= 0.3 is 0 Å². The lowest BCUT2D eigenvalue weighted by Crippen LogP contribution is -2.49. The van der Waals surface area contributed by atoms with Crippen LogP contribution in [-0.4, -0.2) is 67.4 Å². The Hall–Kier alpha value is -2.90. The molecule has 1 aliphatic heterocycles. The number of hydrogen-bond acceptors (Lipinski definition) is 6. The third-order valence-corrected chi connectivity index (χ3v) is 5.01. The first-order valence-electron chi connectivity index (χ1n) is 9.53. The third-order valence-electron chi connectivity index (χ3n) is 5.01. The molecule has 1 aromatic carbocycles. The second-order valence-electron chi connectivity index (χ2n) is 6.55. The number of carbonyl (C=O) groups is 1. The van der Waals surface area contributed by atoms with Crippen molar-refractivity contribution in [1.82, 2.24) is 15.1 Å². The molecular weight excluding hydrogens is 361 g/mol. The fourth-order valence-electron chi connectivity index (χ4n) is 3.32. The van der Waals surface area contributed by atoms with Crippen LogP contribution < -0.4 is 14.5 Å². The highest BCUT2D eigenvalue weighted by Crippen LogP contribution is 2.20. The zero-order chi connectivity index (χ0) is 20.1. The van der Waals surface area contributed by atoms with Crippen molar-refractivity contribution >= 4 is 17.5 Å². The lowest BCUT2D eigenvalue weighted by atomic mass is 10.1. The maximum atomic E-state index is 13.9. The van der Waals surface area contributed by atoms with Crippen molar-refractivity contribution in [3.63, 3.8) is 0 Å². The Balaban J connectivity index is 1.61. The number of anilines is 2. The molecule has 8 heteroatoms. The molecule has 0 bridgehead atoms. The van der Waals surface area contributed by atoms with Crippen LogP contribution in [0.15, 0.2) is 30.3 Å². The first kappa shape index (κ1) is 19.9. The van der Waals surface area contributed by atoms with Crippen molar-refractivity contribution in [3.05, 3.63) is 41.7 Å². The van der Waals surface area contributed by atoms with Crippen molar-refractivity contribution in [3.8, 4) is 5.75 Å². The van der Waals surface area contributed by atoms with Gasteiger partial charge in [0.2, 0.25) is 0 Å². The largest absolute Gasteiger partial charge is 0.494 e. The molecule has 2 aromatic rings. The van der Waals surface area contributed by atoms with E-state index in [1.54, 1.807) is 11.0 Å². The van der Waals surface area contributed by atoms with Crippen molar-refractivity contribution < 1.29 is 13.9 Å². The van der Waals surface area contributed by atoms with E-state index in [0.29, 0.717) is 31.7 Å². The van der Waals surface area contributed by atoms with E-state index in [-0.39, 0.29) is 11.7 Å². The summed E-state index contributed by atoms with van der Waals surface area (Å²) in [6.07, 6.45) is 0. The zero-order valence-corrected chi connectivity index (χ0v) is 16.6. The summed E-state index contributed by atoms with van der Waals surface area (Å²) in [5, 5.41) is 8.67. The second kappa shape index (κ2) is 8.86. The van der Waals surface area contributed by atoms with E-state index in [2.05, 4.69) is 33.8 Å². The summed E-state index contributed by atoms with van der Waals surface area (Å²) in [5.41, 5.74) is 0.329. The highest BCUT2D eigenvalue weighted by atomic mass is 19.1. The van der Waals surface area contributed by atoms with Gasteiger partial charge in [0.05, 0.1) is 7.11 Å². The van der Waals surface area contributed by atoms with E-state index >= 15 is 0 Å². The van der Waals surface area contributed by atoms with Crippen LogP contribution in [0.4, 0.5) is 16.0 Å². The Labute approximate surface area is 164 Å². The van der Waals surface area contributed by atoms with Gasteiger partial charge < -0.3 is 19.4 Å². The highest BCUT2D eigenvalue weighted by molar-refractivity contribution is 5.94. The summed E-state index contributed by atoms with van der Waals surface area (Å²) in [6, 6.07) is 8.24. The van der Waals surface area contributed by atoms with Gasteiger partial charge in [-0.05, 0) is 44.2 Å². The van der Waals surface area contributed by atoms with Crippen molar-refractivity contribution in [2.24, 2.45) is 0 Å². The predicted octanol–water partition coefficient (Wildman–Crippen LogP) is 2.43. The number of amides is 1. The Kier molecular flexibility index (Phi) is 6.28. The minimum Gasteiger partial charge on any atom is -0.494 e. The maximum absolute atomic E-state index is 13.9. The fraction of sp³-hybridized carbons (Fsp3) is 0.450. The number of rotatable bonds is 6. The number of halogens is 1. The Morgan fingerprint density at radius 3 is 2.36 bits per heavy atom. The van der Waals surface area contributed by atoms with Gasteiger partial charge in [0.15, 0.2) is 23.2 Å². The SMILES string of the molecule is CCN(CC)c1ccc(N2CCN(C(=O)c3ccc(OC)c(F)c3)CC2)nn1. The first-order valence-corrected chi connectivity index (χ1v) is 9.53. The fourth-order valence-corrected chi connectivity index (χ4v) is 3.32. The van der Waals surface area contributed by atoms with E-state index in [9.17, 15) is 9.18 Å². The van der Waals surface area contributed by atoms with Gasteiger partial charge in [-0.15, -0.1) is 10.2 Å². The summed E-state index contributed by atoms with van der Waals surface area (Å²) in [5.74, 6) is 1.09. The summed E-state index contributed by atoms with van der Waals surface area (Å²) in [6.45, 7) is 8.35. The number of benzene rings is 1. The third kappa shape index (κ3) is 4.16. The van der Waals surface area contributed by atoms with Crippen LogP contribution >= 0.6 is 0 Å². The van der Waals surface area contributed by atoms with Crippen molar-refractivity contribution in [1.29, 1.82) is 0 Å². The van der Waals surface area contributed by atoms with Crippen molar-refractivity contribution in [2.75, 3.05) is 56.2 Å². The molecular formula is C20H26FN5O2. The average Bonchev–Trinajstić information content (AvgIpc) is 2.74. The van der Waals surface area contributed by atoms with E-state index in [0.717, 1.165) is 24.7 Å². The molecule has 3 rings (SSSR count). The van der Waals surface area contributed by atoms with Crippen LogP contribution in [0.2, 0.25) is 0 Å². The van der Waals surface area contributed by atoms with Crippen molar-refractivity contribution in [2.45, 2.75) is 13.8 Å². The Morgan fingerprint density at radius 2 is 1.82 bits per heavy atom. The first-order chi connectivity index (χ1) is 13.6. The number of hydrogen-bond donors (Lipinski definition) is 0. The molecule has 1 aliphatic rings. The monoisotopic (exact) mass is 387 g/mol. The smallest absolute Gasteiger partial charge is 0.254 e. The summed E-state index contributed by atoms with van der Waals surface area (Å²) in [4.78, 5) is 18.6. The van der Waals surface area contributed by atoms with E-state index in [1.165, 1.54) is 19.2 Å². The van der Waals surface area contributed by atoms with Gasteiger partial charge in [0, 0.05) is 44.8 Å². The number of piperazine rings is 1. The quantitative estimate of drug-likeness (QED) is 0.759. The van der Waals surface area contributed by atoms with Crippen LogP contribution in [0.1, 0.15) is 24.2 Å². The molecule has 1 amide bonds. The number of nitrogens with zero attached hydrogens (tertiary/aromatic N) is 5. The van der Waals surface area contributed by atoms with Crippen LogP contribution in [0.3, 0.4) is 0 Å². The molecule has 28 heavy (non-hydrogen) atoms. The Morgan fingerprint density at radius 1 is 1.11 bits per heavy atom. The summed E-state index contributed by atoms with van der Waals surface area (Å²) >= 11 is 0. The summed E-state index contributed by atoms with van der Waals surface area (Å²) in [7, 11) is 1.40. The molecule has 1 fully saturated rings. The van der Waals surface area contributed by atoms with E-state index in [4.69, 9.17) is 4.74 Å². The molecule has 0 N–H and O–H groups in total. The molecule has 1 saturated heterocycles. The molecule has 1 aromatic heterocycles.